The van der Waals surface area contributed by atoms with Crippen LogP contribution in [0.5, 0.6) is 0 Å². The van der Waals surface area contributed by atoms with Crippen molar-refractivity contribution in [1.29, 1.82) is 0 Å². The van der Waals surface area contributed by atoms with Gasteiger partial charge in [-0.05, 0) is 45.0 Å². The number of nitrogens with zero attached hydrogens (tertiary/aromatic N) is 2. The quantitative estimate of drug-likeness (QED) is 0.638. The van der Waals surface area contributed by atoms with E-state index in [1.165, 1.54) is 25.9 Å². The SMILES string of the molecule is CC(CN1CCCC1)NCc1ccc(Br)cc1[N+](=O)[O-]. The normalized spacial score (nSPS) is 17.3. The van der Waals surface area contributed by atoms with E-state index in [-0.39, 0.29) is 10.6 Å². The molecule has 1 aromatic carbocycles. The maximum atomic E-state index is 11.0. The van der Waals surface area contributed by atoms with Gasteiger partial charge < -0.3 is 10.2 Å². The zero-order valence-corrected chi connectivity index (χ0v) is 13.2. The fraction of sp³-hybridized carbons (Fsp3) is 0.571. The van der Waals surface area contributed by atoms with Crippen molar-refractivity contribution >= 4 is 21.6 Å². The number of nitrogens with one attached hydrogen (secondary N) is 1. The molecule has 2 rings (SSSR count). The van der Waals surface area contributed by atoms with E-state index in [4.69, 9.17) is 0 Å². The van der Waals surface area contributed by atoms with Crippen molar-refractivity contribution in [3.05, 3.63) is 38.3 Å². The summed E-state index contributed by atoms with van der Waals surface area (Å²) in [6.45, 7) is 6.00. The van der Waals surface area contributed by atoms with E-state index in [9.17, 15) is 10.1 Å². The summed E-state index contributed by atoms with van der Waals surface area (Å²) in [5, 5.41) is 14.4. The Labute approximate surface area is 127 Å². The van der Waals surface area contributed by atoms with Gasteiger partial charge in [0.15, 0.2) is 0 Å². The van der Waals surface area contributed by atoms with Crippen LogP contribution >= 0.6 is 15.9 Å². The molecule has 1 atom stereocenters. The van der Waals surface area contributed by atoms with Crippen LogP contribution in [-0.4, -0.2) is 35.5 Å². The number of halogens is 1. The molecule has 0 aromatic heterocycles. The number of nitro benzene ring substituents is 1. The van der Waals surface area contributed by atoms with Crippen LogP contribution in [0, 0.1) is 10.1 Å². The third-order valence-electron chi connectivity index (χ3n) is 3.62. The second kappa shape index (κ2) is 7.15. The van der Waals surface area contributed by atoms with Crippen LogP contribution in [-0.2, 0) is 6.54 Å². The molecule has 1 aliphatic rings. The molecule has 0 spiro atoms. The molecule has 1 aromatic rings. The highest BCUT2D eigenvalue weighted by molar-refractivity contribution is 9.10. The molecule has 20 heavy (non-hydrogen) atoms. The number of rotatable bonds is 6. The second-order valence-corrected chi connectivity index (χ2v) is 6.24. The first-order valence-corrected chi connectivity index (χ1v) is 7.74. The van der Waals surface area contributed by atoms with Gasteiger partial charge in [0.05, 0.1) is 4.92 Å². The van der Waals surface area contributed by atoms with E-state index >= 15 is 0 Å². The zero-order valence-electron chi connectivity index (χ0n) is 11.6. The Morgan fingerprint density at radius 1 is 1.45 bits per heavy atom. The highest BCUT2D eigenvalue weighted by Crippen LogP contribution is 2.23. The average Bonchev–Trinajstić information content (AvgIpc) is 2.90. The van der Waals surface area contributed by atoms with Crippen molar-refractivity contribution in [2.24, 2.45) is 0 Å². The van der Waals surface area contributed by atoms with Gasteiger partial charge in [-0.2, -0.15) is 0 Å². The standard InChI is InChI=1S/C14H20BrN3O2/c1-11(10-17-6-2-3-7-17)16-9-12-4-5-13(15)8-14(12)18(19)20/h4-5,8,11,16H,2-3,6-7,9-10H2,1H3. The van der Waals surface area contributed by atoms with Crippen molar-refractivity contribution in [2.75, 3.05) is 19.6 Å². The lowest BCUT2D eigenvalue weighted by molar-refractivity contribution is -0.385. The van der Waals surface area contributed by atoms with Crippen LogP contribution in [0.1, 0.15) is 25.3 Å². The molecule has 1 fully saturated rings. The van der Waals surface area contributed by atoms with Crippen LogP contribution in [0.3, 0.4) is 0 Å². The topological polar surface area (TPSA) is 58.4 Å². The number of benzene rings is 1. The lowest BCUT2D eigenvalue weighted by Crippen LogP contribution is -2.37. The van der Waals surface area contributed by atoms with Crippen LogP contribution in [0.2, 0.25) is 0 Å². The number of nitro groups is 1. The molecule has 6 heteroatoms. The van der Waals surface area contributed by atoms with Crippen molar-refractivity contribution in [1.82, 2.24) is 10.2 Å². The summed E-state index contributed by atoms with van der Waals surface area (Å²) in [5.74, 6) is 0. The maximum absolute atomic E-state index is 11.0. The third kappa shape index (κ3) is 4.26. The van der Waals surface area contributed by atoms with Crippen LogP contribution in [0.15, 0.2) is 22.7 Å². The van der Waals surface area contributed by atoms with Gasteiger partial charge in [-0.25, -0.2) is 0 Å². The molecule has 0 saturated carbocycles. The summed E-state index contributed by atoms with van der Waals surface area (Å²) in [4.78, 5) is 13.2. The molecule has 0 bridgehead atoms. The van der Waals surface area contributed by atoms with Gasteiger partial charge in [-0.3, -0.25) is 10.1 Å². The molecule has 5 nitrogen and oxygen atoms in total. The van der Waals surface area contributed by atoms with Gasteiger partial charge in [0.1, 0.15) is 0 Å². The minimum atomic E-state index is -0.326. The van der Waals surface area contributed by atoms with E-state index in [0.717, 1.165) is 16.6 Å². The summed E-state index contributed by atoms with van der Waals surface area (Å²) < 4.78 is 0.734. The minimum absolute atomic E-state index is 0.167. The molecule has 1 saturated heterocycles. The first-order valence-electron chi connectivity index (χ1n) is 6.95. The molecule has 1 heterocycles. The summed E-state index contributed by atoms with van der Waals surface area (Å²) in [5.41, 5.74) is 0.895. The lowest BCUT2D eigenvalue weighted by Gasteiger charge is -2.21. The lowest BCUT2D eigenvalue weighted by atomic mass is 10.1. The Hall–Kier alpha value is -0.980. The summed E-state index contributed by atoms with van der Waals surface area (Å²) >= 11 is 3.27. The monoisotopic (exact) mass is 341 g/mol. The summed E-state index contributed by atoms with van der Waals surface area (Å²) in [7, 11) is 0. The molecule has 1 N–H and O–H groups in total. The van der Waals surface area contributed by atoms with Gasteiger partial charge in [0.25, 0.3) is 5.69 Å². The zero-order chi connectivity index (χ0) is 14.5. The highest BCUT2D eigenvalue weighted by atomic mass is 79.9. The van der Waals surface area contributed by atoms with Gasteiger partial charge in [-0.15, -0.1) is 0 Å². The smallest absolute Gasteiger partial charge is 0.275 e. The molecule has 0 radical (unpaired) electrons. The Morgan fingerprint density at radius 2 is 2.15 bits per heavy atom. The molecule has 1 unspecified atom stereocenters. The van der Waals surface area contributed by atoms with Crippen LogP contribution < -0.4 is 5.32 Å². The van der Waals surface area contributed by atoms with E-state index in [1.54, 1.807) is 12.1 Å². The van der Waals surface area contributed by atoms with Gasteiger partial charge in [0.2, 0.25) is 0 Å². The Bertz CT molecular complexity index is 475. The van der Waals surface area contributed by atoms with Crippen LogP contribution in [0.4, 0.5) is 5.69 Å². The second-order valence-electron chi connectivity index (χ2n) is 5.32. The van der Waals surface area contributed by atoms with Crippen molar-refractivity contribution in [3.8, 4) is 0 Å². The number of hydrogen-bond acceptors (Lipinski definition) is 4. The van der Waals surface area contributed by atoms with Gasteiger partial charge >= 0.3 is 0 Å². The van der Waals surface area contributed by atoms with E-state index < -0.39 is 0 Å². The Balaban J connectivity index is 1.91. The van der Waals surface area contributed by atoms with E-state index in [1.807, 2.05) is 6.07 Å². The van der Waals surface area contributed by atoms with Crippen molar-refractivity contribution in [3.63, 3.8) is 0 Å². The molecule has 0 amide bonds. The van der Waals surface area contributed by atoms with Crippen LogP contribution in [0.25, 0.3) is 0 Å². The summed E-state index contributed by atoms with van der Waals surface area (Å²) in [6, 6.07) is 5.53. The molecule has 1 aliphatic heterocycles. The fourth-order valence-electron chi connectivity index (χ4n) is 2.56. The molecular weight excluding hydrogens is 322 g/mol. The van der Waals surface area contributed by atoms with Gasteiger partial charge in [-0.1, -0.05) is 15.9 Å². The highest BCUT2D eigenvalue weighted by Gasteiger charge is 2.17. The number of likely N-dealkylation sites (tertiary alicyclic amines) is 1. The number of hydrogen-bond donors (Lipinski definition) is 1. The molecule has 0 aliphatic carbocycles. The Morgan fingerprint density at radius 3 is 2.80 bits per heavy atom. The summed E-state index contributed by atoms with van der Waals surface area (Å²) in [6.07, 6.45) is 2.57. The van der Waals surface area contributed by atoms with E-state index in [2.05, 4.69) is 33.1 Å². The molecule has 110 valence electrons. The third-order valence-corrected chi connectivity index (χ3v) is 4.11. The van der Waals surface area contributed by atoms with Crippen molar-refractivity contribution in [2.45, 2.75) is 32.4 Å². The van der Waals surface area contributed by atoms with Crippen molar-refractivity contribution < 1.29 is 4.92 Å². The maximum Gasteiger partial charge on any atom is 0.275 e. The predicted octanol–water partition coefficient (Wildman–Crippen LogP) is 2.93. The largest absolute Gasteiger partial charge is 0.309 e. The fourth-order valence-corrected chi connectivity index (χ4v) is 2.91. The average molecular weight is 342 g/mol. The molecular formula is C14H20BrN3O2. The minimum Gasteiger partial charge on any atom is -0.309 e. The predicted molar refractivity (Wildman–Crippen MR) is 82.8 cm³/mol. The van der Waals surface area contributed by atoms with E-state index in [0.29, 0.717) is 12.6 Å². The first kappa shape index (κ1) is 15.4. The first-order chi connectivity index (χ1) is 9.56. The van der Waals surface area contributed by atoms with Gasteiger partial charge in [0, 0.05) is 35.2 Å². The Kier molecular flexibility index (Phi) is 5.51.